The van der Waals surface area contributed by atoms with E-state index in [4.69, 9.17) is 40.1 Å². The van der Waals surface area contributed by atoms with E-state index in [0.717, 1.165) is 0 Å². The van der Waals surface area contributed by atoms with Crippen molar-refractivity contribution in [1.82, 2.24) is 5.09 Å². The van der Waals surface area contributed by atoms with Crippen LogP contribution in [0.2, 0.25) is 0 Å². The van der Waals surface area contributed by atoms with Gasteiger partial charge in [-0.15, -0.1) is 0 Å². The number of benzene rings is 3. The zero-order valence-corrected chi connectivity index (χ0v) is 17.8. The van der Waals surface area contributed by atoms with Crippen molar-refractivity contribution < 1.29 is 4.57 Å². The minimum atomic E-state index is -3.33. The molecule has 7 heteroatoms. The van der Waals surface area contributed by atoms with Gasteiger partial charge >= 0.3 is 0 Å². The van der Waals surface area contributed by atoms with Crippen molar-refractivity contribution in [3.63, 3.8) is 0 Å². The third-order valence-corrected chi connectivity index (χ3v) is 7.58. The van der Waals surface area contributed by atoms with Gasteiger partial charge in [-0.1, -0.05) is 83.3 Å². The number of hydrogen-bond donors (Lipinski definition) is 1. The molecule has 1 atom stereocenters. The number of nitriles is 1. The number of nitrogens with zero attached hydrogens (tertiary/aromatic N) is 1. The lowest BCUT2D eigenvalue weighted by Crippen LogP contribution is -2.36. The van der Waals surface area contributed by atoms with Crippen LogP contribution in [0.5, 0.6) is 0 Å². The first-order chi connectivity index (χ1) is 13.3. The van der Waals surface area contributed by atoms with Crippen LogP contribution in [-0.2, 0) is 4.57 Å². The van der Waals surface area contributed by atoms with Gasteiger partial charge in [0.05, 0.1) is 17.7 Å². The summed E-state index contributed by atoms with van der Waals surface area (Å²) in [6, 6.07) is 26.0. The van der Waals surface area contributed by atoms with Crippen molar-refractivity contribution in [3.8, 4) is 6.07 Å². The van der Waals surface area contributed by atoms with E-state index in [1.807, 2.05) is 36.4 Å². The summed E-state index contributed by atoms with van der Waals surface area (Å²) in [5.74, 6) is 0. The molecule has 0 heterocycles. The number of nitrogens with one attached hydrogen (secondary N) is 1. The van der Waals surface area contributed by atoms with E-state index in [9.17, 15) is 4.57 Å². The molecule has 0 spiro atoms. The fraction of sp³-hybridized carbons (Fsp3) is 0.0952. The van der Waals surface area contributed by atoms with E-state index in [-0.39, 0.29) is 0 Å². The average Bonchev–Trinajstić information content (AvgIpc) is 2.72. The third kappa shape index (κ3) is 4.61. The average molecular weight is 450 g/mol. The molecule has 3 nitrogen and oxygen atoms in total. The Kier molecular flexibility index (Phi) is 6.50. The number of hydrogen-bond acceptors (Lipinski definition) is 2. The summed E-state index contributed by atoms with van der Waals surface area (Å²) in [6.45, 7) is 0. The summed E-state index contributed by atoms with van der Waals surface area (Å²) in [7, 11) is -3.33. The molecule has 3 aromatic rings. The molecule has 0 aliphatic rings. The molecule has 0 amide bonds. The van der Waals surface area contributed by atoms with Gasteiger partial charge in [-0.05, 0) is 42.0 Å². The van der Waals surface area contributed by atoms with Crippen molar-refractivity contribution in [2.24, 2.45) is 0 Å². The highest BCUT2D eigenvalue weighted by Crippen LogP contribution is 2.48. The second-order valence-corrected chi connectivity index (χ2v) is 11.0. The number of halogens is 3. The first kappa shape index (κ1) is 20.9. The predicted molar refractivity (Wildman–Crippen MR) is 117 cm³/mol. The van der Waals surface area contributed by atoms with E-state index in [2.05, 4.69) is 11.2 Å². The maximum absolute atomic E-state index is 14.2. The molecule has 0 radical (unpaired) electrons. The van der Waals surface area contributed by atoms with Gasteiger partial charge in [0.25, 0.3) is 0 Å². The Morgan fingerprint density at radius 2 is 1.29 bits per heavy atom. The molecule has 0 bridgehead atoms. The normalized spacial score (nSPS) is 12.9. The summed E-state index contributed by atoms with van der Waals surface area (Å²) in [5.41, 5.74) is 1.10. The zero-order valence-electron chi connectivity index (χ0n) is 14.6. The Morgan fingerprint density at radius 3 is 1.68 bits per heavy atom. The van der Waals surface area contributed by atoms with Crippen molar-refractivity contribution in [1.29, 1.82) is 5.26 Å². The lowest BCUT2D eigenvalue weighted by Gasteiger charge is -2.31. The molecule has 0 saturated heterocycles. The Hall–Kier alpha value is -1.79. The molecule has 28 heavy (non-hydrogen) atoms. The number of alkyl halides is 3. The van der Waals surface area contributed by atoms with Crippen molar-refractivity contribution in [2.45, 2.75) is 9.83 Å². The van der Waals surface area contributed by atoms with Gasteiger partial charge in [-0.2, -0.15) is 5.26 Å². The highest BCUT2D eigenvalue weighted by Gasteiger charge is 2.40. The van der Waals surface area contributed by atoms with Crippen molar-refractivity contribution in [2.75, 3.05) is 0 Å². The van der Waals surface area contributed by atoms with Crippen LogP contribution in [0.25, 0.3) is 0 Å². The Balaban J connectivity index is 2.11. The van der Waals surface area contributed by atoms with Crippen LogP contribution < -0.4 is 15.7 Å². The first-order valence-electron chi connectivity index (χ1n) is 8.40. The molecule has 0 aromatic heterocycles. The maximum atomic E-state index is 14.2. The van der Waals surface area contributed by atoms with Gasteiger partial charge in [0.15, 0.2) is 0 Å². The summed E-state index contributed by atoms with van der Waals surface area (Å²) < 4.78 is 12.5. The smallest absolute Gasteiger partial charge is 0.210 e. The van der Waals surface area contributed by atoms with E-state index >= 15 is 0 Å². The molecule has 142 valence electrons. The lowest BCUT2D eigenvalue weighted by atomic mass is 10.1. The van der Waals surface area contributed by atoms with Crippen LogP contribution in [-0.4, -0.2) is 3.79 Å². The minimum absolute atomic E-state index is 0.487. The summed E-state index contributed by atoms with van der Waals surface area (Å²) in [6.07, 6.45) is 0. The molecule has 0 saturated carbocycles. The van der Waals surface area contributed by atoms with Crippen molar-refractivity contribution >= 4 is 52.7 Å². The van der Waals surface area contributed by atoms with Crippen LogP contribution in [0, 0.1) is 11.3 Å². The molecule has 0 aliphatic heterocycles. The van der Waals surface area contributed by atoms with Crippen molar-refractivity contribution in [3.05, 3.63) is 96.1 Å². The van der Waals surface area contributed by atoms with Crippen LogP contribution in [0.15, 0.2) is 84.9 Å². The van der Waals surface area contributed by atoms with Gasteiger partial charge in [0, 0.05) is 10.6 Å². The van der Waals surface area contributed by atoms with Crippen LogP contribution in [0.4, 0.5) is 0 Å². The van der Waals surface area contributed by atoms with E-state index in [1.165, 1.54) is 0 Å². The summed E-state index contributed by atoms with van der Waals surface area (Å²) in [4.78, 5) is 0. The van der Waals surface area contributed by atoms with Crippen LogP contribution in [0.1, 0.15) is 17.2 Å². The van der Waals surface area contributed by atoms with Gasteiger partial charge in [-0.25, -0.2) is 5.09 Å². The molecular formula is C21H16Cl3N2OP. The fourth-order valence-corrected chi connectivity index (χ4v) is 6.10. The summed E-state index contributed by atoms with van der Waals surface area (Å²) in [5, 5.41) is 13.4. The zero-order chi connectivity index (χ0) is 20.2. The quantitative estimate of drug-likeness (QED) is 0.414. The molecule has 0 aliphatic carbocycles. The standard InChI is InChI=1S/C21H16Cl3N2OP/c22-21(23,24)20(17-13-11-16(15-25)12-14-17)26-28(27,18-7-3-1-4-8-18)19-9-5-2-6-10-19/h1-14,20H,(H,26,27). The molecule has 0 fully saturated rings. The Bertz CT molecular complexity index is 970. The van der Waals surface area contributed by atoms with Gasteiger partial charge in [0.2, 0.25) is 11.1 Å². The third-order valence-electron chi connectivity index (χ3n) is 4.25. The minimum Gasteiger partial charge on any atom is -0.297 e. The van der Waals surface area contributed by atoms with Gasteiger partial charge in [0.1, 0.15) is 0 Å². The second-order valence-electron chi connectivity index (χ2n) is 6.12. The predicted octanol–water partition coefficient (Wildman–Crippen LogP) is 5.49. The van der Waals surface area contributed by atoms with E-state index < -0.39 is 17.1 Å². The Labute approximate surface area is 179 Å². The largest absolute Gasteiger partial charge is 0.297 e. The maximum Gasteiger partial charge on any atom is 0.210 e. The topological polar surface area (TPSA) is 52.9 Å². The van der Waals surface area contributed by atoms with E-state index in [1.54, 1.807) is 48.5 Å². The number of rotatable bonds is 5. The molecule has 1 unspecified atom stereocenters. The molecular weight excluding hydrogens is 434 g/mol. The van der Waals surface area contributed by atoms with Crippen LogP contribution >= 0.6 is 42.1 Å². The first-order valence-corrected chi connectivity index (χ1v) is 11.2. The second kappa shape index (κ2) is 8.70. The fourth-order valence-electron chi connectivity index (χ4n) is 2.84. The van der Waals surface area contributed by atoms with Gasteiger partial charge in [-0.3, -0.25) is 4.57 Å². The summed E-state index contributed by atoms with van der Waals surface area (Å²) >= 11 is 18.8. The highest BCUT2D eigenvalue weighted by atomic mass is 35.6. The van der Waals surface area contributed by atoms with Gasteiger partial charge < -0.3 is 0 Å². The Morgan fingerprint density at radius 1 is 0.821 bits per heavy atom. The van der Waals surface area contributed by atoms with E-state index in [0.29, 0.717) is 21.7 Å². The lowest BCUT2D eigenvalue weighted by molar-refractivity contribution is 0.562. The SMILES string of the molecule is N#Cc1ccc(C(NP(=O)(c2ccccc2)c2ccccc2)C(Cl)(Cl)Cl)cc1. The monoisotopic (exact) mass is 448 g/mol. The molecule has 3 rings (SSSR count). The van der Waals surface area contributed by atoms with Crippen LogP contribution in [0.3, 0.4) is 0 Å². The highest BCUT2D eigenvalue weighted by molar-refractivity contribution is 7.76. The molecule has 1 N–H and O–H groups in total. The molecule has 3 aromatic carbocycles.